The molecule has 3 aromatic heterocycles. The highest BCUT2D eigenvalue weighted by Gasteiger charge is 2.24. The van der Waals surface area contributed by atoms with Gasteiger partial charge in [-0.05, 0) is 24.8 Å². The van der Waals surface area contributed by atoms with E-state index >= 15 is 0 Å². The van der Waals surface area contributed by atoms with Crippen molar-refractivity contribution in [1.82, 2.24) is 39.5 Å². The van der Waals surface area contributed by atoms with Crippen LogP contribution in [0.15, 0.2) is 49.7 Å². The highest BCUT2D eigenvalue weighted by atomic mass is 16.2. The van der Waals surface area contributed by atoms with Crippen LogP contribution in [0.1, 0.15) is 18.4 Å². The third-order valence-corrected chi connectivity index (χ3v) is 4.77. The number of hydrogen-bond acceptors (Lipinski definition) is 5. The molecule has 4 heterocycles. The molecule has 1 aliphatic rings. The van der Waals surface area contributed by atoms with Crippen LogP contribution in [0.25, 0.3) is 5.82 Å². The summed E-state index contributed by atoms with van der Waals surface area (Å²) in [6, 6.07) is 3.74. The van der Waals surface area contributed by atoms with Crippen LogP contribution < -0.4 is 5.32 Å². The van der Waals surface area contributed by atoms with Crippen LogP contribution in [-0.4, -0.2) is 53.3 Å². The van der Waals surface area contributed by atoms with Gasteiger partial charge in [-0.15, -0.1) is 0 Å². The Hall–Kier alpha value is -3.23. The first kappa shape index (κ1) is 17.2. The minimum absolute atomic E-state index is 0.0428. The normalized spacial score (nSPS) is 17.0. The number of nitrogens with one attached hydrogen (secondary N) is 1. The number of aromatic nitrogens is 6. The highest BCUT2D eigenvalue weighted by Crippen LogP contribution is 2.18. The average molecular weight is 366 g/mol. The predicted octanol–water partition coefficient (Wildman–Crippen LogP) is 1.48. The molecule has 1 N–H and O–H groups in total. The lowest BCUT2D eigenvalue weighted by Crippen LogP contribution is -2.46. The molecule has 1 aliphatic heterocycles. The van der Waals surface area contributed by atoms with Crippen LogP contribution in [-0.2, 0) is 13.1 Å². The van der Waals surface area contributed by atoms with E-state index in [4.69, 9.17) is 0 Å². The van der Waals surface area contributed by atoms with Gasteiger partial charge in [0, 0.05) is 50.3 Å². The molecule has 27 heavy (non-hydrogen) atoms. The number of urea groups is 1. The summed E-state index contributed by atoms with van der Waals surface area (Å²) >= 11 is 0. The second-order valence-electron chi connectivity index (χ2n) is 6.70. The highest BCUT2D eigenvalue weighted by molar-refractivity contribution is 5.74. The Labute approximate surface area is 157 Å². The Morgan fingerprint density at radius 2 is 2.22 bits per heavy atom. The molecule has 0 radical (unpaired) electrons. The molecule has 1 atom stereocenters. The van der Waals surface area contributed by atoms with Crippen molar-refractivity contribution in [3.63, 3.8) is 0 Å². The van der Waals surface area contributed by atoms with Gasteiger partial charge >= 0.3 is 6.03 Å². The number of rotatable bonds is 5. The molecule has 0 bridgehead atoms. The Bertz CT molecular complexity index is 861. The third kappa shape index (κ3) is 4.13. The number of carbonyl (C=O) groups is 1. The van der Waals surface area contributed by atoms with Crippen LogP contribution >= 0.6 is 0 Å². The Morgan fingerprint density at radius 3 is 3.04 bits per heavy atom. The summed E-state index contributed by atoms with van der Waals surface area (Å²) in [5, 5.41) is 7.14. The quantitative estimate of drug-likeness (QED) is 0.738. The van der Waals surface area contributed by atoms with Gasteiger partial charge < -0.3 is 14.8 Å². The minimum atomic E-state index is -0.0428. The molecule has 9 heteroatoms. The molecule has 0 aromatic carbocycles. The molecule has 4 rings (SSSR count). The number of imidazole rings is 1. The van der Waals surface area contributed by atoms with E-state index in [1.54, 1.807) is 23.4 Å². The van der Waals surface area contributed by atoms with E-state index in [0.717, 1.165) is 38.0 Å². The molecule has 0 spiro atoms. The van der Waals surface area contributed by atoms with Crippen LogP contribution in [0.4, 0.5) is 4.79 Å². The van der Waals surface area contributed by atoms with Crippen molar-refractivity contribution in [3.05, 3.63) is 55.3 Å². The SMILES string of the molecule is O=C(NCc1cccnc1-n1cncn1)N1CCCC(Cn2ccnc2)C1. The van der Waals surface area contributed by atoms with Crippen LogP contribution in [0, 0.1) is 5.92 Å². The van der Waals surface area contributed by atoms with Gasteiger partial charge in [-0.2, -0.15) is 5.10 Å². The second-order valence-corrected chi connectivity index (χ2v) is 6.70. The van der Waals surface area contributed by atoms with Crippen molar-refractivity contribution >= 4 is 6.03 Å². The Morgan fingerprint density at radius 1 is 1.26 bits per heavy atom. The summed E-state index contributed by atoms with van der Waals surface area (Å²) in [6.07, 6.45) is 12.5. The van der Waals surface area contributed by atoms with Gasteiger partial charge in [-0.3, -0.25) is 0 Å². The molecule has 1 fully saturated rings. The molecule has 1 unspecified atom stereocenters. The molecule has 0 aliphatic carbocycles. The minimum Gasteiger partial charge on any atom is -0.337 e. The average Bonchev–Trinajstić information content (AvgIpc) is 3.41. The maximum Gasteiger partial charge on any atom is 0.317 e. The molecule has 2 amide bonds. The van der Waals surface area contributed by atoms with Gasteiger partial charge in [0.1, 0.15) is 12.7 Å². The van der Waals surface area contributed by atoms with E-state index in [-0.39, 0.29) is 6.03 Å². The summed E-state index contributed by atoms with van der Waals surface area (Å²) in [5.41, 5.74) is 0.892. The summed E-state index contributed by atoms with van der Waals surface area (Å²) < 4.78 is 3.68. The topological polar surface area (TPSA) is 93.8 Å². The molecule has 1 saturated heterocycles. The Balaban J connectivity index is 1.36. The van der Waals surface area contributed by atoms with E-state index in [1.807, 2.05) is 29.6 Å². The van der Waals surface area contributed by atoms with Crippen LogP contribution in [0.3, 0.4) is 0 Å². The molecular weight excluding hydrogens is 344 g/mol. The van der Waals surface area contributed by atoms with Gasteiger partial charge in [0.05, 0.1) is 6.33 Å². The molecule has 140 valence electrons. The van der Waals surface area contributed by atoms with Crippen molar-refractivity contribution in [2.75, 3.05) is 13.1 Å². The zero-order valence-electron chi connectivity index (χ0n) is 15.0. The summed E-state index contributed by atoms with van der Waals surface area (Å²) in [6.45, 7) is 2.83. The van der Waals surface area contributed by atoms with Crippen molar-refractivity contribution in [2.45, 2.75) is 25.9 Å². The lowest BCUT2D eigenvalue weighted by Gasteiger charge is -2.33. The predicted molar refractivity (Wildman–Crippen MR) is 97.9 cm³/mol. The van der Waals surface area contributed by atoms with Crippen molar-refractivity contribution in [2.24, 2.45) is 5.92 Å². The lowest BCUT2D eigenvalue weighted by molar-refractivity contribution is 0.159. The van der Waals surface area contributed by atoms with Gasteiger partial charge in [0.25, 0.3) is 0 Å². The number of likely N-dealkylation sites (tertiary alicyclic amines) is 1. The number of hydrogen-bond donors (Lipinski definition) is 1. The second kappa shape index (κ2) is 7.98. The number of carbonyl (C=O) groups excluding carboxylic acids is 1. The molecule has 3 aromatic rings. The summed E-state index contributed by atoms with van der Waals surface area (Å²) in [7, 11) is 0. The van der Waals surface area contributed by atoms with Gasteiger partial charge in [-0.25, -0.2) is 24.4 Å². The lowest BCUT2D eigenvalue weighted by atomic mass is 9.98. The first-order valence-corrected chi connectivity index (χ1v) is 9.07. The molecule has 0 saturated carbocycles. The fraction of sp³-hybridized carbons (Fsp3) is 0.389. The van der Waals surface area contributed by atoms with Crippen molar-refractivity contribution < 1.29 is 4.79 Å². The number of amides is 2. The van der Waals surface area contributed by atoms with E-state index in [2.05, 4.69) is 29.9 Å². The van der Waals surface area contributed by atoms with Crippen molar-refractivity contribution in [1.29, 1.82) is 0 Å². The smallest absolute Gasteiger partial charge is 0.317 e. The van der Waals surface area contributed by atoms with Gasteiger partial charge in [-0.1, -0.05) is 6.07 Å². The fourth-order valence-electron chi connectivity index (χ4n) is 3.47. The summed E-state index contributed by atoms with van der Waals surface area (Å²) in [5.74, 6) is 1.12. The van der Waals surface area contributed by atoms with Crippen molar-refractivity contribution in [3.8, 4) is 5.82 Å². The third-order valence-electron chi connectivity index (χ3n) is 4.77. The van der Waals surface area contributed by atoms with E-state index in [1.165, 1.54) is 6.33 Å². The monoisotopic (exact) mass is 366 g/mol. The van der Waals surface area contributed by atoms with Gasteiger partial charge in [0.2, 0.25) is 0 Å². The Kier molecular flexibility index (Phi) is 5.08. The molecule has 9 nitrogen and oxygen atoms in total. The van der Waals surface area contributed by atoms with E-state index in [9.17, 15) is 4.79 Å². The maximum atomic E-state index is 12.7. The van der Waals surface area contributed by atoms with Gasteiger partial charge in [0.15, 0.2) is 5.82 Å². The molecular formula is C18H22N8O. The number of nitrogens with zero attached hydrogens (tertiary/aromatic N) is 7. The largest absolute Gasteiger partial charge is 0.337 e. The first-order chi connectivity index (χ1) is 13.3. The van der Waals surface area contributed by atoms with Crippen LogP contribution in [0.5, 0.6) is 0 Å². The number of piperidine rings is 1. The first-order valence-electron chi connectivity index (χ1n) is 9.07. The summed E-state index contributed by atoms with van der Waals surface area (Å²) in [4.78, 5) is 27.0. The standard InChI is InChI=1S/C18H22N8O/c27-18(25-7-2-3-15(11-25)10-24-8-6-19-13-24)22-9-16-4-1-5-21-17(16)26-14-20-12-23-26/h1,4-6,8,12-15H,2-3,7,9-11H2,(H,22,27). The van der Waals surface area contributed by atoms with E-state index < -0.39 is 0 Å². The zero-order chi connectivity index (χ0) is 18.5. The maximum absolute atomic E-state index is 12.7. The number of pyridine rings is 1. The van der Waals surface area contributed by atoms with E-state index in [0.29, 0.717) is 18.3 Å². The zero-order valence-corrected chi connectivity index (χ0v) is 15.0. The fourth-order valence-corrected chi connectivity index (χ4v) is 3.47. The van der Waals surface area contributed by atoms with Crippen LogP contribution in [0.2, 0.25) is 0 Å².